The second kappa shape index (κ2) is 5.52. The van der Waals surface area contributed by atoms with Crippen LogP contribution in [0.3, 0.4) is 0 Å². The van der Waals surface area contributed by atoms with Gasteiger partial charge >= 0.3 is 0 Å². The Balaban J connectivity index is 2.17. The van der Waals surface area contributed by atoms with E-state index < -0.39 is 5.82 Å². The molecule has 0 aliphatic carbocycles. The summed E-state index contributed by atoms with van der Waals surface area (Å²) in [6.07, 6.45) is 0. The molecule has 19 heavy (non-hydrogen) atoms. The Morgan fingerprint density at radius 2 is 2.26 bits per heavy atom. The molecule has 0 unspecified atom stereocenters. The van der Waals surface area contributed by atoms with Gasteiger partial charge in [0.15, 0.2) is 0 Å². The third-order valence-electron chi connectivity index (χ3n) is 2.60. The van der Waals surface area contributed by atoms with Crippen molar-refractivity contribution in [2.24, 2.45) is 0 Å². The molecule has 0 fully saturated rings. The molecule has 1 aromatic heterocycles. The lowest BCUT2D eigenvalue weighted by Crippen LogP contribution is -2.26. The number of rotatable bonds is 3. The van der Waals surface area contributed by atoms with Crippen LogP contribution in [0, 0.1) is 12.7 Å². The van der Waals surface area contributed by atoms with Crippen LogP contribution in [0.15, 0.2) is 33.3 Å². The number of hydrogen-bond donors (Lipinski definition) is 0. The average Bonchev–Trinajstić information content (AvgIpc) is 2.77. The second-order valence-electron chi connectivity index (χ2n) is 4.19. The number of hydrogen-bond acceptors (Lipinski definition) is 3. The number of benzene rings is 1. The van der Waals surface area contributed by atoms with Gasteiger partial charge in [-0.05, 0) is 35.0 Å². The SMILES string of the molecule is Cc1cc(CN(C)C(=O)c2cccc(F)c2Br)no1. The maximum Gasteiger partial charge on any atom is 0.255 e. The molecule has 0 aliphatic heterocycles. The van der Waals surface area contributed by atoms with Gasteiger partial charge in [-0.25, -0.2) is 4.39 Å². The fourth-order valence-electron chi connectivity index (χ4n) is 1.68. The molecule has 100 valence electrons. The Kier molecular flexibility index (Phi) is 3.99. The fourth-order valence-corrected chi connectivity index (χ4v) is 2.12. The largest absolute Gasteiger partial charge is 0.361 e. The predicted octanol–water partition coefficient (Wildman–Crippen LogP) is 3.16. The molecule has 2 aromatic rings. The van der Waals surface area contributed by atoms with Crippen LogP contribution in [-0.2, 0) is 6.54 Å². The van der Waals surface area contributed by atoms with E-state index >= 15 is 0 Å². The predicted molar refractivity (Wildman–Crippen MR) is 71.1 cm³/mol. The number of halogens is 2. The van der Waals surface area contributed by atoms with E-state index in [1.54, 1.807) is 26.1 Å². The maximum absolute atomic E-state index is 13.4. The van der Waals surface area contributed by atoms with Gasteiger partial charge in [0.05, 0.1) is 16.6 Å². The van der Waals surface area contributed by atoms with Crippen molar-refractivity contribution < 1.29 is 13.7 Å². The normalized spacial score (nSPS) is 10.5. The molecular formula is C13H12BrFN2O2. The molecule has 2 rings (SSSR count). The number of carbonyl (C=O) groups excluding carboxylic acids is 1. The molecule has 4 nitrogen and oxygen atoms in total. The van der Waals surface area contributed by atoms with Crippen molar-refractivity contribution in [1.82, 2.24) is 10.1 Å². The molecule has 1 aromatic carbocycles. The number of nitrogens with zero attached hydrogens (tertiary/aromatic N) is 2. The summed E-state index contributed by atoms with van der Waals surface area (Å²) in [6.45, 7) is 2.08. The number of aromatic nitrogens is 1. The highest BCUT2D eigenvalue weighted by Crippen LogP contribution is 2.22. The summed E-state index contributed by atoms with van der Waals surface area (Å²) in [7, 11) is 1.63. The lowest BCUT2D eigenvalue weighted by atomic mass is 10.2. The van der Waals surface area contributed by atoms with Crippen LogP contribution in [0.25, 0.3) is 0 Å². The standard InChI is InChI=1S/C13H12BrFN2O2/c1-8-6-9(16-19-8)7-17(2)13(18)10-4-3-5-11(15)12(10)14/h3-6H,7H2,1-2H3. The molecule has 1 heterocycles. The summed E-state index contributed by atoms with van der Waals surface area (Å²) >= 11 is 3.08. The van der Waals surface area contributed by atoms with Crippen molar-refractivity contribution in [2.45, 2.75) is 13.5 Å². The molecule has 0 radical (unpaired) electrons. The molecule has 1 amide bonds. The van der Waals surface area contributed by atoms with Crippen LogP contribution >= 0.6 is 15.9 Å². The van der Waals surface area contributed by atoms with Crippen LogP contribution in [0.5, 0.6) is 0 Å². The minimum atomic E-state index is -0.462. The minimum Gasteiger partial charge on any atom is -0.361 e. The van der Waals surface area contributed by atoms with Crippen LogP contribution < -0.4 is 0 Å². The molecule has 0 saturated heterocycles. The maximum atomic E-state index is 13.4. The van der Waals surface area contributed by atoms with E-state index in [0.717, 1.165) is 0 Å². The summed E-state index contributed by atoms with van der Waals surface area (Å²) in [6, 6.07) is 6.12. The Morgan fingerprint density at radius 1 is 1.53 bits per heavy atom. The highest BCUT2D eigenvalue weighted by molar-refractivity contribution is 9.10. The van der Waals surface area contributed by atoms with Crippen molar-refractivity contribution in [2.75, 3.05) is 7.05 Å². The van der Waals surface area contributed by atoms with Crippen molar-refractivity contribution in [3.8, 4) is 0 Å². The van der Waals surface area contributed by atoms with Gasteiger partial charge in [-0.1, -0.05) is 11.2 Å². The molecule has 0 saturated carbocycles. The summed E-state index contributed by atoms with van der Waals surface area (Å²) < 4.78 is 18.5. The molecule has 6 heteroatoms. The van der Waals surface area contributed by atoms with E-state index in [4.69, 9.17) is 4.52 Å². The van der Waals surface area contributed by atoms with Gasteiger partial charge < -0.3 is 9.42 Å². The molecule has 0 spiro atoms. The second-order valence-corrected chi connectivity index (χ2v) is 4.98. The van der Waals surface area contributed by atoms with Gasteiger partial charge in [0, 0.05) is 13.1 Å². The van der Waals surface area contributed by atoms with Crippen LogP contribution in [0.2, 0.25) is 0 Å². The highest BCUT2D eigenvalue weighted by Gasteiger charge is 2.18. The number of amides is 1. The van der Waals surface area contributed by atoms with Gasteiger partial charge in [-0.15, -0.1) is 0 Å². The Hall–Kier alpha value is -1.69. The average molecular weight is 327 g/mol. The zero-order chi connectivity index (χ0) is 14.0. The summed E-state index contributed by atoms with van der Waals surface area (Å²) in [4.78, 5) is 13.7. The third kappa shape index (κ3) is 3.01. The summed E-state index contributed by atoms with van der Waals surface area (Å²) in [5.74, 6) is -0.0636. The van der Waals surface area contributed by atoms with Crippen LogP contribution in [-0.4, -0.2) is 23.0 Å². The highest BCUT2D eigenvalue weighted by atomic mass is 79.9. The Morgan fingerprint density at radius 3 is 2.89 bits per heavy atom. The quantitative estimate of drug-likeness (QED) is 0.870. The number of carbonyl (C=O) groups is 1. The van der Waals surface area contributed by atoms with Gasteiger partial charge in [-0.2, -0.15) is 0 Å². The van der Waals surface area contributed by atoms with Crippen molar-refractivity contribution in [3.63, 3.8) is 0 Å². The van der Waals surface area contributed by atoms with E-state index in [0.29, 0.717) is 18.0 Å². The van der Waals surface area contributed by atoms with Gasteiger partial charge in [0.1, 0.15) is 17.3 Å². The van der Waals surface area contributed by atoms with Crippen molar-refractivity contribution >= 4 is 21.8 Å². The van der Waals surface area contributed by atoms with Crippen molar-refractivity contribution in [1.29, 1.82) is 0 Å². The van der Waals surface area contributed by atoms with Crippen LogP contribution in [0.4, 0.5) is 4.39 Å². The monoisotopic (exact) mass is 326 g/mol. The first-order chi connectivity index (χ1) is 8.99. The summed E-state index contributed by atoms with van der Waals surface area (Å²) in [5, 5.41) is 3.82. The van der Waals surface area contributed by atoms with E-state index in [9.17, 15) is 9.18 Å². The van der Waals surface area contributed by atoms with E-state index in [2.05, 4.69) is 21.1 Å². The van der Waals surface area contributed by atoms with Crippen LogP contribution in [0.1, 0.15) is 21.8 Å². The molecular weight excluding hydrogens is 315 g/mol. The first-order valence-corrected chi connectivity index (χ1v) is 6.40. The molecule has 0 atom stereocenters. The molecule has 0 aliphatic rings. The van der Waals surface area contributed by atoms with E-state index in [1.165, 1.54) is 17.0 Å². The lowest BCUT2D eigenvalue weighted by Gasteiger charge is -2.16. The summed E-state index contributed by atoms with van der Waals surface area (Å²) in [5.41, 5.74) is 0.934. The Labute approximate surface area is 118 Å². The molecule has 0 bridgehead atoms. The van der Waals surface area contributed by atoms with Gasteiger partial charge in [0.2, 0.25) is 0 Å². The number of aryl methyl sites for hydroxylation is 1. The van der Waals surface area contributed by atoms with Crippen molar-refractivity contribution in [3.05, 3.63) is 51.6 Å². The minimum absolute atomic E-state index is 0.170. The zero-order valence-electron chi connectivity index (χ0n) is 10.5. The first-order valence-electron chi connectivity index (χ1n) is 5.60. The van der Waals surface area contributed by atoms with E-state index in [1.807, 2.05) is 0 Å². The fraction of sp³-hybridized carbons (Fsp3) is 0.231. The first kappa shape index (κ1) is 13.7. The Bertz CT molecular complexity index is 612. The topological polar surface area (TPSA) is 46.3 Å². The third-order valence-corrected chi connectivity index (χ3v) is 3.41. The smallest absolute Gasteiger partial charge is 0.255 e. The zero-order valence-corrected chi connectivity index (χ0v) is 12.1. The molecule has 0 N–H and O–H groups in total. The van der Waals surface area contributed by atoms with Gasteiger partial charge in [0.25, 0.3) is 5.91 Å². The lowest BCUT2D eigenvalue weighted by molar-refractivity contribution is 0.0780. The van der Waals surface area contributed by atoms with E-state index in [-0.39, 0.29) is 15.9 Å². The van der Waals surface area contributed by atoms with Gasteiger partial charge in [-0.3, -0.25) is 4.79 Å².